The predicted molar refractivity (Wildman–Crippen MR) is 96.5 cm³/mol. The summed E-state index contributed by atoms with van der Waals surface area (Å²) in [6.45, 7) is 2.33. The molecule has 0 saturated heterocycles. The van der Waals surface area contributed by atoms with E-state index in [2.05, 4.69) is 15.3 Å². The number of benzene rings is 2. The lowest BCUT2D eigenvalue weighted by molar-refractivity contribution is -0.148. The van der Waals surface area contributed by atoms with Crippen LogP contribution in [0, 0.1) is 0 Å². The van der Waals surface area contributed by atoms with E-state index in [0.717, 1.165) is 7.11 Å². The summed E-state index contributed by atoms with van der Waals surface area (Å²) in [6, 6.07) is 14.9. The average molecular weight is 354 g/mol. The molecule has 0 aliphatic heterocycles. The van der Waals surface area contributed by atoms with Gasteiger partial charge in [0.05, 0.1) is 19.4 Å². The molecule has 0 amide bonds. The summed E-state index contributed by atoms with van der Waals surface area (Å²) in [6.07, 6.45) is 0. The molecule has 0 unspecified atom stereocenters. The first-order valence-corrected chi connectivity index (χ1v) is 7.85. The molecule has 2 rings (SSSR count). The van der Waals surface area contributed by atoms with E-state index in [-0.39, 0.29) is 5.56 Å². The second-order valence-corrected chi connectivity index (χ2v) is 5.05. The number of para-hydroxylation sites is 1. The molecule has 0 spiro atoms. The van der Waals surface area contributed by atoms with Crippen molar-refractivity contribution in [1.29, 1.82) is 0 Å². The first-order valence-electron chi connectivity index (χ1n) is 7.85. The molecule has 7 heteroatoms. The lowest BCUT2D eigenvalue weighted by atomic mass is 10.0. The number of nitrogens with one attached hydrogen (secondary N) is 1. The monoisotopic (exact) mass is 354 g/mol. The summed E-state index contributed by atoms with van der Waals surface area (Å²) in [7, 11) is 1.06. The number of carbonyl (C=O) groups is 3. The van der Waals surface area contributed by atoms with Crippen LogP contribution in [0.2, 0.25) is 0 Å². The highest BCUT2D eigenvalue weighted by atomic mass is 16.5. The van der Waals surface area contributed by atoms with Crippen molar-refractivity contribution in [2.75, 3.05) is 19.1 Å². The number of carbonyl (C=O) groups excluding carboxylic acids is 3. The summed E-state index contributed by atoms with van der Waals surface area (Å²) < 4.78 is 9.73. The van der Waals surface area contributed by atoms with Gasteiger partial charge in [-0.2, -0.15) is 5.10 Å². The Balaban J connectivity index is 2.31. The largest absolute Gasteiger partial charge is 0.494 e. The van der Waals surface area contributed by atoms with Crippen molar-refractivity contribution < 1.29 is 23.9 Å². The Morgan fingerprint density at radius 1 is 1.00 bits per heavy atom. The van der Waals surface area contributed by atoms with E-state index in [0.29, 0.717) is 18.0 Å². The van der Waals surface area contributed by atoms with Gasteiger partial charge in [-0.1, -0.05) is 18.2 Å². The second-order valence-electron chi connectivity index (χ2n) is 5.05. The number of hydrazone groups is 1. The van der Waals surface area contributed by atoms with Crippen LogP contribution in [0.5, 0.6) is 5.75 Å². The van der Waals surface area contributed by atoms with Crippen molar-refractivity contribution in [3.63, 3.8) is 0 Å². The van der Waals surface area contributed by atoms with E-state index in [1.807, 2.05) is 6.92 Å². The maximum atomic E-state index is 12.7. The zero-order chi connectivity index (χ0) is 18.9. The number of ether oxygens (including phenoxy) is 2. The van der Waals surface area contributed by atoms with Crippen LogP contribution in [0.4, 0.5) is 5.69 Å². The van der Waals surface area contributed by atoms with E-state index >= 15 is 0 Å². The van der Waals surface area contributed by atoms with Crippen molar-refractivity contribution in [3.05, 3.63) is 60.2 Å². The van der Waals surface area contributed by atoms with Crippen LogP contribution < -0.4 is 10.2 Å². The molecule has 0 fully saturated rings. The molecule has 134 valence electrons. The van der Waals surface area contributed by atoms with Crippen molar-refractivity contribution in [1.82, 2.24) is 0 Å². The number of Topliss-reactive ketones (excluding diaryl/α,β-unsaturated/α-hetero) is 2. The Kier molecular flexibility index (Phi) is 6.61. The number of ketones is 2. The van der Waals surface area contributed by atoms with E-state index in [1.165, 1.54) is 12.1 Å². The quantitative estimate of drug-likeness (QED) is 0.195. The highest BCUT2D eigenvalue weighted by Gasteiger charge is 2.29. The van der Waals surface area contributed by atoms with Crippen LogP contribution in [0.15, 0.2) is 59.7 Å². The van der Waals surface area contributed by atoms with Crippen LogP contribution >= 0.6 is 0 Å². The topological polar surface area (TPSA) is 94.1 Å². The minimum Gasteiger partial charge on any atom is -0.494 e. The van der Waals surface area contributed by atoms with E-state index in [1.54, 1.807) is 42.5 Å². The Bertz CT molecular complexity index is 814. The lowest BCUT2D eigenvalue weighted by Crippen LogP contribution is -2.32. The third-order valence-electron chi connectivity index (χ3n) is 3.30. The van der Waals surface area contributed by atoms with Gasteiger partial charge >= 0.3 is 5.97 Å². The van der Waals surface area contributed by atoms with Crippen molar-refractivity contribution in [2.45, 2.75) is 6.92 Å². The first-order chi connectivity index (χ1) is 12.6. The zero-order valence-electron chi connectivity index (χ0n) is 14.4. The molecule has 2 aromatic rings. The Morgan fingerprint density at radius 3 is 2.23 bits per heavy atom. The molecule has 1 N–H and O–H groups in total. The highest BCUT2D eigenvalue weighted by Crippen LogP contribution is 2.14. The van der Waals surface area contributed by atoms with Crippen LogP contribution in [0.25, 0.3) is 0 Å². The molecule has 0 aromatic heterocycles. The van der Waals surface area contributed by atoms with Gasteiger partial charge in [-0.3, -0.25) is 15.0 Å². The standard InChI is InChI=1S/C19H18N2O5/c1-3-26-15-11-9-13(10-12-15)17(22)16(18(23)19(24)25-2)21-20-14-7-5-4-6-8-14/h4-12,20H,3H2,1-2H3/b21-16+. The van der Waals surface area contributed by atoms with Gasteiger partial charge < -0.3 is 9.47 Å². The van der Waals surface area contributed by atoms with Gasteiger partial charge in [0.2, 0.25) is 5.78 Å². The molecule has 0 saturated carbocycles. The summed E-state index contributed by atoms with van der Waals surface area (Å²) in [5.41, 5.74) is 2.79. The molecule has 0 aliphatic carbocycles. The third-order valence-corrected chi connectivity index (χ3v) is 3.30. The third kappa shape index (κ3) is 4.76. The summed E-state index contributed by atoms with van der Waals surface area (Å²) in [5, 5.41) is 3.83. The second kappa shape index (κ2) is 9.12. The number of esters is 1. The first kappa shape index (κ1) is 18.9. The number of methoxy groups -OCH3 is 1. The van der Waals surface area contributed by atoms with Gasteiger partial charge in [0.1, 0.15) is 5.75 Å². The molecule has 2 aromatic carbocycles. The Hall–Kier alpha value is -3.48. The number of nitrogens with zero attached hydrogens (tertiary/aromatic N) is 1. The highest BCUT2D eigenvalue weighted by molar-refractivity contribution is 6.80. The molecular weight excluding hydrogens is 336 g/mol. The fourth-order valence-corrected chi connectivity index (χ4v) is 2.03. The average Bonchev–Trinajstić information content (AvgIpc) is 2.68. The Morgan fingerprint density at radius 2 is 1.65 bits per heavy atom. The Labute approximate surface area is 150 Å². The molecule has 0 aliphatic rings. The van der Waals surface area contributed by atoms with E-state index in [9.17, 15) is 14.4 Å². The number of rotatable bonds is 8. The fourth-order valence-electron chi connectivity index (χ4n) is 2.03. The summed E-state index contributed by atoms with van der Waals surface area (Å²) >= 11 is 0. The maximum Gasteiger partial charge on any atom is 0.381 e. The van der Waals surface area contributed by atoms with Crippen LogP contribution in [0.3, 0.4) is 0 Å². The minimum atomic E-state index is -1.17. The summed E-state index contributed by atoms with van der Waals surface area (Å²) in [4.78, 5) is 36.4. The van der Waals surface area contributed by atoms with Gasteiger partial charge in [-0.15, -0.1) is 0 Å². The van der Waals surface area contributed by atoms with E-state index < -0.39 is 23.2 Å². The molecule has 0 atom stereocenters. The molecular formula is C19H18N2O5. The van der Waals surface area contributed by atoms with Gasteiger partial charge in [0.25, 0.3) is 5.78 Å². The van der Waals surface area contributed by atoms with Gasteiger partial charge in [-0.05, 0) is 43.3 Å². The smallest absolute Gasteiger partial charge is 0.381 e. The van der Waals surface area contributed by atoms with Crippen molar-refractivity contribution in [2.24, 2.45) is 5.10 Å². The van der Waals surface area contributed by atoms with Crippen LogP contribution in [0.1, 0.15) is 17.3 Å². The normalized spacial score (nSPS) is 10.8. The number of anilines is 1. The number of hydrogen-bond donors (Lipinski definition) is 1. The molecule has 26 heavy (non-hydrogen) atoms. The van der Waals surface area contributed by atoms with Gasteiger partial charge in [0, 0.05) is 5.56 Å². The van der Waals surface area contributed by atoms with Crippen molar-refractivity contribution >= 4 is 28.9 Å². The van der Waals surface area contributed by atoms with Gasteiger partial charge in [-0.25, -0.2) is 4.79 Å². The lowest BCUT2D eigenvalue weighted by Gasteiger charge is -2.07. The van der Waals surface area contributed by atoms with Crippen molar-refractivity contribution in [3.8, 4) is 5.75 Å². The van der Waals surface area contributed by atoms with Crippen LogP contribution in [-0.2, 0) is 14.3 Å². The SMILES string of the molecule is CCOc1ccc(C(=O)/C(=N\Nc2ccccc2)C(=O)C(=O)OC)cc1. The van der Waals surface area contributed by atoms with E-state index in [4.69, 9.17) is 4.74 Å². The molecule has 7 nitrogen and oxygen atoms in total. The summed E-state index contributed by atoms with van der Waals surface area (Å²) in [5.74, 6) is -2.41. The minimum absolute atomic E-state index is 0.194. The molecule has 0 radical (unpaired) electrons. The molecule has 0 bridgehead atoms. The zero-order valence-corrected chi connectivity index (χ0v) is 14.4. The predicted octanol–water partition coefficient (Wildman–Crippen LogP) is 2.48. The fraction of sp³-hybridized carbons (Fsp3) is 0.158. The molecule has 0 heterocycles. The maximum absolute atomic E-state index is 12.7. The number of hydrogen-bond acceptors (Lipinski definition) is 7. The van der Waals surface area contributed by atoms with Crippen LogP contribution in [-0.4, -0.2) is 37.0 Å². The van der Waals surface area contributed by atoms with Gasteiger partial charge in [0.15, 0.2) is 5.71 Å².